The molecule has 1 unspecified atom stereocenters. The van der Waals surface area contributed by atoms with E-state index in [2.05, 4.69) is 4.98 Å². The van der Waals surface area contributed by atoms with Crippen LogP contribution in [0.4, 0.5) is 0 Å². The molecule has 1 aromatic heterocycles. The summed E-state index contributed by atoms with van der Waals surface area (Å²) >= 11 is 1.45. The lowest BCUT2D eigenvalue weighted by atomic mass is 10.1. The number of likely N-dealkylation sites (tertiary alicyclic amines) is 1. The average molecular weight is 262 g/mol. The Morgan fingerprint density at radius 1 is 1.69 bits per heavy atom. The fourth-order valence-corrected chi connectivity index (χ4v) is 2.56. The molecule has 0 aromatic carbocycles. The Labute approximate surface area is 105 Å². The number of nitrogens with zero attached hydrogens (tertiary/aromatic N) is 2. The van der Waals surface area contributed by atoms with Gasteiger partial charge in [0.2, 0.25) is 0 Å². The second-order valence-corrected chi connectivity index (χ2v) is 5.13. The number of carbonyl (C=O) groups excluding carboxylic acids is 1. The molecule has 6 heteroatoms. The second kappa shape index (κ2) is 5.61. The summed E-state index contributed by atoms with van der Waals surface area (Å²) in [5.41, 5.74) is 5.84. The molecule has 0 saturated carbocycles. The van der Waals surface area contributed by atoms with E-state index in [1.807, 2.05) is 11.8 Å². The number of halogens is 1. The molecule has 1 aliphatic rings. The highest BCUT2D eigenvalue weighted by atomic mass is 35.5. The number of aryl methyl sites for hydroxylation is 1. The molecule has 0 aliphatic carbocycles. The van der Waals surface area contributed by atoms with E-state index >= 15 is 0 Å². The summed E-state index contributed by atoms with van der Waals surface area (Å²) < 4.78 is 0. The first kappa shape index (κ1) is 13.4. The highest BCUT2D eigenvalue weighted by Crippen LogP contribution is 2.17. The molecular weight excluding hydrogens is 246 g/mol. The number of amides is 1. The van der Waals surface area contributed by atoms with Crippen LogP contribution in [0.15, 0.2) is 6.20 Å². The lowest BCUT2D eigenvalue weighted by Crippen LogP contribution is -2.45. The number of nitrogens with two attached hydrogens (primary N) is 1. The first-order valence-corrected chi connectivity index (χ1v) is 5.96. The molecule has 0 spiro atoms. The third-order valence-corrected chi connectivity index (χ3v) is 3.48. The summed E-state index contributed by atoms with van der Waals surface area (Å²) in [7, 11) is 0. The molecule has 1 aliphatic heterocycles. The van der Waals surface area contributed by atoms with Gasteiger partial charge in [-0.15, -0.1) is 23.7 Å². The fourth-order valence-electron chi connectivity index (χ4n) is 1.81. The molecule has 2 heterocycles. The quantitative estimate of drug-likeness (QED) is 0.832. The zero-order chi connectivity index (χ0) is 10.8. The Kier molecular flexibility index (Phi) is 4.70. The van der Waals surface area contributed by atoms with E-state index in [4.69, 9.17) is 5.73 Å². The van der Waals surface area contributed by atoms with E-state index in [1.165, 1.54) is 11.3 Å². The zero-order valence-electron chi connectivity index (χ0n) is 9.18. The van der Waals surface area contributed by atoms with E-state index in [1.54, 1.807) is 6.20 Å². The van der Waals surface area contributed by atoms with Gasteiger partial charge in [0.05, 0.1) is 11.2 Å². The smallest absolute Gasteiger partial charge is 0.265 e. The maximum absolute atomic E-state index is 12.0. The molecule has 1 atom stereocenters. The maximum Gasteiger partial charge on any atom is 0.265 e. The molecule has 2 N–H and O–H groups in total. The lowest BCUT2D eigenvalue weighted by molar-refractivity contribution is 0.0713. The Morgan fingerprint density at radius 2 is 2.44 bits per heavy atom. The number of piperidine rings is 1. The van der Waals surface area contributed by atoms with Crippen molar-refractivity contribution >= 4 is 29.7 Å². The van der Waals surface area contributed by atoms with Crippen molar-refractivity contribution in [1.82, 2.24) is 9.88 Å². The van der Waals surface area contributed by atoms with E-state index in [0.29, 0.717) is 6.54 Å². The number of hydrogen-bond acceptors (Lipinski definition) is 4. The van der Waals surface area contributed by atoms with Crippen molar-refractivity contribution < 1.29 is 4.79 Å². The van der Waals surface area contributed by atoms with Gasteiger partial charge in [0.25, 0.3) is 5.91 Å². The van der Waals surface area contributed by atoms with Crippen LogP contribution in [-0.4, -0.2) is 34.9 Å². The standard InChI is InChI=1S/C10H15N3OS.ClH/c1-7-12-5-9(15-7)10(14)13-4-2-3-8(11)6-13;/h5,8H,2-4,6,11H2,1H3;1H. The van der Waals surface area contributed by atoms with Crippen molar-refractivity contribution in [3.05, 3.63) is 16.1 Å². The van der Waals surface area contributed by atoms with Gasteiger partial charge in [-0.2, -0.15) is 0 Å². The molecule has 1 saturated heterocycles. The minimum absolute atomic E-state index is 0. The minimum atomic E-state index is 0. The van der Waals surface area contributed by atoms with Crippen LogP contribution in [0.3, 0.4) is 0 Å². The molecule has 16 heavy (non-hydrogen) atoms. The molecule has 2 rings (SSSR count). The van der Waals surface area contributed by atoms with Crippen LogP contribution >= 0.6 is 23.7 Å². The topological polar surface area (TPSA) is 59.2 Å². The summed E-state index contributed by atoms with van der Waals surface area (Å²) in [5.74, 6) is 0.0794. The SMILES string of the molecule is Cc1ncc(C(=O)N2CCCC(N)C2)s1.Cl. The monoisotopic (exact) mass is 261 g/mol. The fraction of sp³-hybridized carbons (Fsp3) is 0.600. The van der Waals surface area contributed by atoms with Crippen LogP contribution in [-0.2, 0) is 0 Å². The number of aromatic nitrogens is 1. The predicted molar refractivity (Wildman–Crippen MR) is 67.2 cm³/mol. The van der Waals surface area contributed by atoms with Gasteiger partial charge in [-0.25, -0.2) is 4.98 Å². The van der Waals surface area contributed by atoms with Gasteiger partial charge < -0.3 is 10.6 Å². The number of hydrogen-bond donors (Lipinski definition) is 1. The van der Waals surface area contributed by atoms with Gasteiger partial charge in [0, 0.05) is 19.1 Å². The van der Waals surface area contributed by atoms with Crippen LogP contribution in [0.1, 0.15) is 27.5 Å². The zero-order valence-corrected chi connectivity index (χ0v) is 10.8. The van der Waals surface area contributed by atoms with Crippen molar-refractivity contribution in [2.45, 2.75) is 25.8 Å². The normalized spacial score (nSPS) is 20.4. The van der Waals surface area contributed by atoms with E-state index < -0.39 is 0 Å². The molecule has 90 valence electrons. The highest BCUT2D eigenvalue weighted by molar-refractivity contribution is 7.13. The summed E-state index contributed by atoms with van der Waals surface area (Å²) in [4.78, 5) is 18.6. The van der Waals surface area contributed by atoms with Gasteiger partial charge in [-0.05, 0) is 19.8 Å². The number of thiazole rings is 1. The average Bonchev–Trinajstić information content (AvgIpc) is 2.64. The van der Waals surface area contributed by atoms with Crippen LogP contribution in [0, 0.1) is 6.92 Å². The van der Waals surface area contributed by atoms with Crippen molar-refractivity contribution in [2.75, 3.05) is 13.1 Å². The first-order valence-electron chi connectivity index (χ1n) is 5.14. The van der Waals surface area contributed by atoms with Gasteiger partial charge in [0.15, 0.2) is 0 Å². The van der Waals surface area contributed by atoms with E-state index in [-0.39, 0.29) is 24.4 Å². The summed E-state index contributed by atoms with van der Waals surface area (Å²) in [6.07, 6.45) is 3.68. The van der Waals surface area contributed by atoms with Crippen molar-refractivity contribution in [3.63, 3.8) is 0 Å². The third-order valence-electron chi connectivity index (χ3n) is 2.58. The number of rotatable bonds is 1. The molecule has 1 fully saturated rings. The molecular formula is C10H16ClN3OS. The predicted octanol–water partition coefficient (Wildman–Crippen LogP) is 1.44. The minimum Gasteiger partial charge on any atom is -0.336 e. The largest absolute Gasteiger partial charge is 0.336 e. The third kappa shape index (κ3) is 2.93. The van der Waals surface area contributed by atoms with Crippen LogP contribution in [0.5, 0.6) is 0 Å². The maximum atomic E-state index is 12.0. The Hall–Kier alpha value is -0.650. The van der Waals surface area contributed by atoms with Gasteiger partial charge in [-0.1, -0.05) is 0 Å². The van der Waals surface area contributed by atoms with Gasteiger partial charge >= 0.3 is 0 Å². The molecule has 0 radical (unpaired) electrons. The summed E-state index contributed by atoms with van der Waals surface area (Å²) in [6.45, 7) is 3.41. The Bertz CT molecular complexity index is 369. The van der Waals surface area contributed by atoms with E-state index in [0.717, 1.165) is 29.3 Å². The van der Waals surface area contributed by atoms with E-state index in [9.17, 15) is 4.79 Å². The first-order chi connectivity index (χ1) is 7.16. The van der Waals surface area contributed by atoms with Crippen molar-refractivity contribution in [1.29, 1.82) is 0 Å². The second-order valence-electron chi connectivity index (χ2n) is 3.90. The van der Waals surface area contributed by atoms with Crippen LogP contribution in [0.2, 0.25) is 0 Å². The lowest BCUT2D eigenvalue weighted by Gasteiger charge is -2.30. The Morgan fingerprint density at radius 3 is 3.00 bits per heavy atom. The Balaban J connectivity index is 0.00000128. The van der Waals surface area contributed by atoms with Gasteiger partial charge in [-0.3, -0.25) is 4.79 Å². The number of carbonyl (C=O) groups is 1. The molecule has 4 nitrogen and oxygen atoms in total. The highest BCUT2D eigenvalue weighted by Gasteiger charge is 2.23. The van der Waals surface area contributed by atoms with Crippen molar-refractivity contribution in [3.8, 4) is 0 Å². The molecule has 1 amide bonds. The van der Waals surface area contributed by atoms with Gasteiger partial charge in [0.1, 0.15) is 4.88 Å². The van der Waals surface area contributed by atoms with Crippen molar-refractivity contribution in [2.24, 2.45) is 5.73 Å². The molecule has 1 aromatic rings. The summed E-state index contributed by atoms with van der Waals surface area (Å²) in [6, 6.07) is 0.136. The summed E-state index contributed by atoms with van der Waals surface area (Å²) in [5, 5.41) is 0.930. The van der Waals surface area contributed by atoms with Crippen LogP contribution < -0.4 is 5.73 Å². The van der Waals surface area contributed by atoms with Crippen LogP contribution in [0.25, 0.3) is 0 Å². The molecule has 0 bridgehead atoms.